The minimum Gasteiger partial charge on any atom is -0.419 e. The van der Waals surface area contributed by atoms with Gasteiger partial charge in [-0.25, -0.2) is 32.3 Å². The van der Waals surface area contributed by atoms with Gasteiger partial charge in [0, 0.05) is 0 Å². The minimum atomic E-state index is -4.60. The molecule has 0 N–H and O–H groups in total. The SMILES string of the molecule is CCC1CCC(C=CC2CCC(c3cc(F)c(C(=O)Oc4cnc(C(F)(F)C(F)F)nc4)c(F)c3)CC2)CC1. The van der Waals surface area contributed by atoms with Crippen LogP contribution in [0.3, 0.4) is 0 Å². The fraction of sp³-hybridized carbons (Fsp3) is 0.552. The largest absolute Gasteiger partial charge is 0.419 e. The standard InChI is InChI=1S/C29H32F6N2O2/c1-2-17-3-5-18(6-4-17)7-8-19-9-11-20(12-10-19)21-13-23(30)25(24(31)14-21)26(38)39-22-15-36-28(37-16-22)29(34,35)27(32)33/h7-8,13-20,27H,2-6,9-12H2,1H3. The Kier molecular flexibility index (Phi) is 9.33. The number of carbonyl (C=O) groups excluding carboxylic acids is 1. The molecule has 2 aliphatic carbocycles. The Hall–Kier alpha value is -2.91. The number of hydrogen-bond donors (Lipinski definition) is 0. The van der Waals surface area contributed by atoms with Gasteiger partial charge in [0.05, 0.1) is 12.4 Å². The van der Waals surface area contributed by atoms with Crippen molar-refractivity contribution in [2.24, 2.45) is 17.8 Å². The van der Waals surface area contributed by atoms with Gasteiger partial charge < -0.3 is 4.74 Å². The predicted octanol–water partition coefficient (Wildman–Crippen LogP) is 8.38. The molecule has 0 radical (unpaired) electrons. The summed E-state index contributed by atoms with van der Waals surface area (Å²) in [5.41, 5.74) is -0.487. The molecular formula is C29H32F6N2O2. The van der Waals surface area contributed by atoms with Crippen LogP contribution in [-0.4, -0.2) is 22.4 Å². The van der Waals surface area contributed by atoms with Crippen LogP contribution in [0.4, 0.5) is 26.3 Å². The fourth-order valence-electron chi connectivity index (χ4n) is 5.57. The summed E-state index contributed by atoms with van der Waals surface area (Å²) < 4.78 is 85.9. The fourth-order valence-corrected chi connectivity index (χ4v) is 5.57. The number of ether oxygens (including phenoxy) is 1. The van der Waals surface area contributed by atoms with Gasteiger partial charge in [-0.3, -0.25) is 0 Å². The smallest absolute Gasteiger partial charge is 0.365 e. The third kappa shape index (κ3) is 7.00. The molecule has 1 aromatic heterocycles. The Bertz CT molecular complexity index is 1130. The van der Waals surface area contributed by atoms with E-state index >= 15 is 0 Å². The van der Waals surface area contributed by atoms with Crippen molar-refractivity contribution >= 4 is 5.97 Å². The van der Waals surface area contributed by atoms with E-state index in [2.05, 4.69) is 29.0 Å². The number of aromatic nitrogens is 2. The van der Waals surface area contributed by atoms with Crippen molar-refractivity contribution in [2.75, 3.05) is 0 Å². The van der Waals surface area contributed by atoms with Crippen molar-refractivity contribution in [1.29, 1.82) is 0 Å². The van der Waals surface area contributed by atoms with Crippen molar-refractivity contribution in [1.82, 2.24) is 9.97 Å². The quantitative estimate of drug-likeness (QED) is 0.187. The second-order valence-corrected chi connectivity index (χ2v) is 10.6. The zero-order valence-corrected chi connectivity index (χ0v) is 21.7. The zero-order valence-electron chi connectivity index (χ0n) is 21.7. The minimum absolute atomic E-state index is 0.0406. The van der Waals surface area contributed by atoms with Crippen LogP contribution in [0.1, 0.15) is 92.4 Å². The highest BCUT2D eigenvalue weighted by molar-refractivity contribution is 5.91. The highest BCUT2D eigenvalue weighted by Gasteiger charge is 2.45. The van der Waals surface area contributed by atoms with E-state index in [4.69, 9.17) is 4.74 Å². The predicted molar refractivity (Wildman–Crippen MR) is 133 cm³/mol. The van der Waals surface area contributed by atoms with E-state index < -0.39 is 47.1 Å². The van der Waals surface area contributed by atoms with Crippen LogP contribution in [-0.2, 0) is 5.92 Å². The van der Waals surface area contributed by atoms with Crippen LogP contribution in [0, 0.1) is 29.4 Å². The molecule has 2 saturated carbocycles. The number of alkyl halides is 4. The first-order valence-electron chi connectivity index (χ1n) is 13.5. The molecule has 1 heterocycles. The molecule has 4 nitrogen and oxygen atoms in total. The summed E-state index contributed by atoms with van der Waals surface area (Å²) in [6, 6.07) is 2.24. The Balaban J connectivity index is 1.34. The second kappa shape index (κ2) is 12.5. The number of rotatable bonds is 8. The van der Waals surface area contributed by atoms with Crippen molar-refractivity contribution in [3.8, 4) is 5.75 Å². The lowest BCUT2D eigenvalue weighted by atomic mass is 9.77. The van der Waals surface area contributed by atoms with E-state index in [0.717, 1.165) is 43.7 Å². The lowest BCUT2D eigenvalue weighted by Gasteiger charge is -2.29. The van der Waals surface area contributed by atoms with Crippen molar-refractivity contribution in [3.63, 3.8) is 0 Å². The third-order valence-corrected chi connectivity index (χ3v) is 8.05. The Morgan fingerprint density at radius 3 is 1.95 bits per heavy atom. The van der Waals surface area contributed by atoms with Crippen molar-refractivity contribution < 1.29 is 35.9 Å². The lowest BCUT2D eigenvalue weighted by molar-refractivity contribution is -0.141. The average molecular weight is 555 g/mol. The lowest BCUT2D eigenvalue weighted by Crippen LogP contribution is -2.26. The molecule has 2 aliphatic rings. The van der Waals surface area contributed by atoms with E-state index in [-0.39, 0.29) is 5.92 Å². The van der Waals surface area contributed by atoms with Gasteiger partial charge in [-0.2, -0.15) is 8.78 Å². The summed E-state index contributed by atoms with van der Waals surface area (Å²) in [7, 11) is 0. The van der Waals surface area contributed by atoms with Gasteiger partial charge in [0.1, 0.15) is 17.2 Å². The molecule has 4 rings (SSSR count). The highest BCUT2D eigenvalue weighted by atomic mass is 19.3. The van der Waals surface area contributed by atoms with Crippen molar-refractivity contribution in [3.05, 3.63) is 65.3 Å². The number of benzene rings is 1. The maximum atomic E-state index is 14.8. The van der Waals surface area contributed by atoms with Crippen LogP contribution in [0.2, 0.25) is 0 Å². The number of allylic oxidation sites excluding steroid dienone is 2. The maximum Gasteiger partial charge on any atom is 0.365 e. The van der Waals surface area contributed by atoms with Crippen LogP contribution >= 0.6 is 0 Å². The van der Waals surface area contributed by atoms with Crippen LogP contribution in [0.15, 0.2) is 36.7 Å². The normalized spacial score (nSPS) is 24.3. The summed E-state index contributed by atoms with van der Waals surface area (Å²) in [5, 5.41) is 0. The van der Waals surface area contributed by atoms with E-state index in [9.17, 15) is 31.1 Å². The average Bonchev–Trinajstić information content (AvgIpc) is 2.92. The maximum absolute atomic E-state index is 14.8. The molecule has 0 aliphatic heterocycles. The summed E-state index contributed by atoms with van der Waals surface area (Å²) in [5.74, 6) is -8.33. The van der Waals surface area contributed by atoms with Gasteiger partial charge in [0.25, 0.3) is 0 Å². The van der Waals surface area contributed by atoms with E-state index in [1.165, 1.54) is 32.1 Å². The van der Waals surface area contributed by atoms with Crippen LogP contribution < -0.4 is 4.74 Å². The topological polar surface area (TPSA) is 52.1 Å². The summed E-state index contributed by atoms with van der Waals surface area (Å²) in [4.78, 5) is 18.5. The molecule has 0 bridgehead atoms. The molecule has 0 spiro atoms. The van der Waals surface area contributed by atoms with Crippen LogP contribution in [0.5, 0.6) is 5.75 Å². The summed E-state index contributed by atoms with van der Waals surface area (Å²) >= 11 is 0. The van der Waals surface area contributed by atoms with E-state index in [1.807, 2.05) is 0 Å². The van der Waals surface area contributed by atoms with Gasteiger partial charge in [-0.15, -0.1) is 0 Å². The Morgan fingerprint density at radius 2 is 1.46 bits per heavy atom. The molecular weight excluding hydrogens is 522 g/mol. The number of esters is 1. The van der Waals surface area contributed by atoms with Gasteiger partial charge in [0.15, 0.2) is 5.75 Å². The molecule has 10 heteroatoms. The summed E-state index contributed by atoms with van der Waals surface area (Å²) in [6.45, 7) is 2.25. The molecule has 39 heavy (non-hydrogen) atoms. The molecule has 0 saturated heterocycles. The van der Waals surface area contributed by atoms with Crippen LogP contribution in [0.25, 0.3) is 0 Å². The molecule has 0 unspecified atom stereocenters. The Morgan fingerprint density at radius 1 is 0.949 bits per heavy atom. The van der Waals surface area contributed by atoms with Gasteiger partial charge in [-0.1, -0.05) is 25.5 Å². The van der Waals surface area contributed by atoms with E-state index in [1.54, 1.807) is 0 Å². The molecule has 1 aromatic carbocycles. The molecule has 0 atom stereocenters. The molecule has 2 fully saturated rings. The van der Waals surface area contributed by atoms with Gasteiger partial charge in [-0.05, 0) is 92.7 Å². The first kappa shape index (κ1) is 29.1. The van der Waals surface area contributed by atoms with Crippen molar-refractivity contribution in [2.45, 2.75) is 83.0 Å². The first-order valence-corrected chi connectivity index (χ1v) is 13.5. The number of carbonyl (C=O) groups is 1. The number of hydrogen-bond acceptors (Lipinski definition) is 4. The molecule has 0 amide bonds. The zero-order chi connectivity index (χ0) is 28.2. The number of nitrogens with zero attached hydrogens (tertiary/aromatic N) is 2. The molecule has 212 valence electrons. The Labute approximate surface area is 223 Å². The van der Waals surface area contributed by atoms with Gasteiger partial charge >= 0.3 is 18.3 Å². The molecule has 2 aromatic rings. The second-order valence-electron chi connectivity index (χ2n) is 10.6. The van der Waals surface area contributed by atoms with E-state index in [0.29, 0.717) is 29.8 Å². The van der Waals surface area contributed by atoms with Gasteiger partial charge in [0.2, 0.25) is 5.82 Å². The highest BCUT2D eigenvalue weighted by Crippen LogP contribution is 2.39. The monoisotopic (exact) mass is 554 g/mol. The summed E-state index contributed by atoms with van der Waals surface area (Å²) in [6.07, 6.45) is 11.5. The third-order valence-electron chi connectivity index (χ3n) is 8.05. The first-order chi connectivity index (χ1) is 18.6. The number of halogens is 6.